The topological polar surface area (TPSA) is 54.9 Å². The summed E-state index contributed by atoms with van der Waals surface area (Å²) in [6.07, 6.45) is 4.20. The average molecular weight is 291 g/mol. The van der Waals surface area contributed by atoms with Gasteiger partial charge in [-0.25, -0.2) is 4.79 Å². The fraction of sp³-hybridized carbons (Fsp3) is 0.667. The molecular weight excluding hydrogens is 272 g/mol. The Balaban J connectivity index is 3.23. The van der Waals surface area contributed by atoms with E-state index in [1.54, 1.807) is 11.8 Å². The lowest BCUT2D eigenvalue weighted by molar-refractivity contribution is 0.488. The van der Waals surface area contributed by atoms with Gasteiger partial charge in [0.05, 0.1) is 5.56 Å². The maximum absolute atomic E-state index is 12.3. The van der Waals surface area contributed by atoms with Crippen molar-refractivity contribution in [3.05, 3.63) is 31.6 Å². The standard InChI is InChI=1S/C12H19ClN2O2S/c1-4-5-9-10(13)14-12(17)15(11(9)16)8(2)6-7-18-3/h8H,4-7H2,1-3H3,(H,14,17). The van der Waals surface area contributed by atoms with Crippen molar-refractivity contribution in [2.45, 2.75) is 39.2 Å². The van der Waals surface area contributed by atoms with Crippen LogP contribution < -0.4 is 11.2 Å². The first-order chi connectivity index (χ1) is 8.52. The summed E-state index contributed by atoms with van der Waals surface area (Å²) in [5.41, 5.74) is -0.160. The molecular formula is C12H19ClN2O2S. The van der Waals surface area contributed by atoms with Gasteiger partial charge in [-0.15, -0.1) is 0 Å². The van der Waals surface area contributed by atoms with E-state index in [4.69, 9.17) is 11.6 Å². The van der Waals surface area contributed by atoms with Gasteiger partial charge in [0, 0.05) is 6.04 Å². The summed E-state index contributed by atoms with van der Waals surface area (Å²) in [7, 11) is 0. The van der Waals surface area contributed by atoms with Gasteiger partial charge in [-0.3, -0.25) is 14.3 Å². The van der Waals surface area contributed by atoms with Crippen LogP contribution in [0, 0.1) is 0 Å². The van der Waals surface area contributed by atoms with E-state index in [0.717, 1.165) is 18.6 Å². The largest absolute Gasteiger partial charge is 0.329 e. The van der Waals surface area contributed by atoms with Gasteiger partial charge in [0.1, 0.15) is 5.15 Å². The summed E-state index contributed by atoms with van der Waals surface area (Å²) < 4.78 is 1.28. The first-order valence-electron chi connectivity index (χ1n) is 6.05. The SMILES string of the molecule is CCCc1c(Cl)[nH]c(=O)n(C(C)CCSC)c1=O. The van der Waals surface area contributed by atoms with Gasteiger partial charge in [0.25, 0.3) is 5.56 Å². The van der Waals surface area contributed by atoms with Gasteiger partial charge in [-0.2, -0.15) is 11.8 Å². The van der Waals surface area contributed by atoms with Crippen LogP contribution in [0.5, 0.6) is 0 Å². The van der Waals surface area contributed by atoms with Crippen LogP contribution in [0.3, 0.4) is 0 Å². The predicted molar refractivity (Wildman–Crippen MR) is 78.0 cm³/mol. The van der Waals surface area contributed by atoms with Gasteiger partial charge in [0.2, 0.25) is 0 Å². The number of nitrogens with one attached hydrogen (secondary N) is 1. The molecule has 0 saturated heterocycles. The Kier molecular flexibility index (Phi) is 6.02. The van der Waals surface area contributed by atoms with E-state index in [2.05, 4.69) is 4.98 Å². The Labute approximate surface area is 116 Å². The average Bonchev–Trinajstić information content (AvgIpc) is 2.31. The van der Waals surface area contributed by atoms with Crippen LogP contribution in [0.4, 0.5) is 0 Å². The number of H-pyrrole nitrogens is 1. The molecule has 0 fully saturated rings. The van der Waals surface area contributed by atoms with Crippen LogP contribution in [0.15, 0.2) is 9.59 Å². The number of hydrogen-bond donors (Lipinski definition) is 1. The van der Waals surface area contributed by atoms with E-state index in [0.29, 0.717) is 12.0 Å². The van der Waals surface area contributed by atoms with Crippen LogP contribution in [0.1, 0.15) is 38.3 Å². The molecule has 4 nitrogen and oxygen atoms in total. The van der Waals surface area contributed by atoms with Crippen LogP contribution >= 0.6 is 23.4 Å². The second kappa shape index (κ2) is 7.04. The number of nitrogens with zero attached hydrogens (tertiary/aromatic N) is 1. The Morgan fingerprint density at radius 2 is 2.11 bits per heavy atom. The highest BCUT2D eigenvalue weighted by molar-refractivity contribution is 7.98. The Morgan fingerprint density at radius 3 is 2.67 bits per heavy atom. The summed E-state index contributed by atoms with van der Waals surface area (Å²) in [5, 5.41) is 0.181. The van der Waals surface area contributed by atoms with Crippen molar-refractivity contribution in [1.29, 1.82) is 0 Å². The van der Waals surface area contributed by atoms with E-state index in [9.17, 15) is 9.59 Å². The third kappa shape index (κ3) is 3.42. The third-order valence-electron chi connectivity index (χ3n) is 2.86. The van der Waals surface area contributed by atoms with Crippen molar-refractivity contribution in [2.24, 2.45) is 0 Å². The molecule has 0 aliphatic heterocycles. The monoisotopic (exact) mass is 290 g/mol. The normalized spacial score (nSPS) is 12.7. The lowest BCUT2D eigenvalue weighted by atomic mass is 10.2. The van der Waals surface area contributed by atoms with E-state index < -0.39 is 5.69 Å². The smallest absolute Gasteiger partial charge is 0.297 e. The molecule has 6 heteroatoms. The van der Waals surface area contributed by atoms with Gasteiger partial charge >= 0.3 is 5.69 Å². The Bertz CT molecular complexity index is 510. The van der Waals surface area contributed by atoms with Gasteiger partial charge in [-0.1, -0.05) is 24.9 Å². The van der Waals surface area contributed by atoms with Gasteiger partial charge < -0.3 is 0 Å². The lowest BCUT2D eigenvalue weighted by Gasteiger charge is -2.15. The van der Waals surface area contributed by atoms with E-state index in [-0.39, 0.29) is 16.8 Å². The highest BCUT2D eigenvalue weighted by Gasteiger charge is 2.16. The molecule has 1 aromatic heterocycles. The third-order valence-corrected chi connectivity index (χ3v) is 3.82. The quantitative estimate of drug-likeness (QED) is 0.819. The molecule has 1 aromatic rings. The summed E-state index contributed by atoms with van der Waals surface area (Å²) >= 11 is 7.62. The maximum atomic E-state index is 12.3. The van der Waals surface area contributed by atoms with Crippen molar-refractivity contribution in [3.63, 3.8) is 0 Å². The van der Waals surface area contributed by atoms with E-state index in [1.807, 2.05) is 20.1 Å². The molecule has 0 aliphatic carbocycles. The highest BCUT2D eigenvalue weighted by Crippen LogP contribution is 2.12. The number of halogens is 1. The fourth-order valence-electron chi connectivity index (χ4n) is 1.85. The molecule has 0 aromatic carbocycles. The minimum absolute atomic E-state index is 0.110. The second-order valence-corrected chi connectivity index (χ2v) is 5.64. The molecule has 1 unspecified atom stereocenters. The van der Waals surface area contributed by atoms with Crippen LogP contribution in [-0.4, -0.2) is 21.6 Å². The van der Waals surface area contributed by atoms with E-state index in [1.165, 1.54) is 4.57 Å². The number of aromatic amines is 1. The van der Waals surface area contributed by atoms with Crippen molar-refractivity contribution < 1.29 is 0 Å². The molecule has 102 valence electrons. The highest BCUT2D eigenvalue weighted by atomic mass is 35.5. The molecule has 1 rings (SSSR count). The zero-order valence-corrected chi connectivity index (χ0v) is 12.5. The van der Waals surface area contributed by atoms with E-state index >= 15 is 0 Å². The molecule has 0 bridgehead atoms. The minimum Gasteiger partial charge on any atom is -0.297 e. The lowest BCUT2D eigenvalue weighted by Crippen LogP contribution is -2.39. The molecule has 0 aliphatic rings. The molecule has 0 saturated carbocycles. The number of aromatic nitrogens is 2. The molecule has 0 spiro atoms. The predicted octanol–water partition coefficient (Wildman–Crippen LogP) is 2.46. The maximum Gasteiger partial charge on any atom is 0.329 e. The second-order valence-electron chi connectivity index (χ2n) is 4.28. The summed E-state index contributed by atoms with van der Waals surface area (Å²) in [6, 6.07) is -0.110. The molecule has 1 atom stereocenters. The summed E-state index contributed by atoms with van der Waals surface area (Å²) in [6.45, 7) is 3.86. The molecule has 18 heavy (non-hydrogen) atoms. The minimum atomic E-state index is -0.418. The van der Waals surface area contributed by atoms with Crippen molar-refractivity contribution in [1.82, 2.24) is 9.55 Å². The molecule has 0 radical (unpaired) electrons. The Hall–Kier alpha value is -0.680. The first-order valence-corrected chi connectivity index (χ1v) is 7.82. The van der Waals surface area contributed by atoms with Crippen molar-refractivity contribution >= 4 is 23.4 Å². The van der Waals surface area contributed by atoms with Crippen LogP contribution in [0.2, 0.25) is 5.15 Å². The zero-order chi connectivity index (χ0) is 13.7. The summed E-state index contributed by atoms with van der Waals surface area (Å²) in [5.74, 6) is 0.915. The molecule has 1 N–H and O–H groups in total. The Morgan fingerprint density at radius 1 is 1.44 bits per heavy atom. The van der Waals surface area contributed by atoms with Crippen LogP contribution in [0.25, 0.3) is 0 Å². The fourth-order valence-corrected chi connectivity index (χ4v) is 2.68. The summed E-state index contributed by atoms with van der Waals surface area (Å²) in [4.78, 5) is 26.7. The number of hydrogen-bond acceptors (Lipinski definition) is 3. The van der Waals surface area contributed by atoms with Gasteiger partial charge in [0.15, 0.2) is 0 Å². The molecule has 0 amide bonds. The number of thioether (sulfide) groups is 1. The number of rotatable bonds is 6. The van der Waals surface area contributed by atoms with Crippen LogP contribution in [-0.2, 0) is 6.42 Å². The first kappa shape index (κ1) is 15.4. The van der Waals surface area contributed by atoms with Crippen molar-refractivity contribution in [2.75, 3.05) is 12.0 Å². The molecule has 1 heterocycles. The zero-order valence-electron chi connectivity index (χ0n) is 11.0. The van der Waals surface area contributed by atoms with Gasteiger partial charge in [-0.05, 0) is 31.8 Å². The van der Waals surface area contributed by atoms with Crippen molar-refractivity contribution in [3.8, 4) is 0 Å².